The van der Waals surface area contributed by atoms with E-state index in [1.54, 1.807) is 19.0 Å². The molecule has 16 heteroatoms. The number of anilines is 2. The topological polar surface area (TPSA) is 194 Å². The van der Waals surface area contributed by atoms with E-state index in [4.69, 9.17) is 5.73 Å². The first kappa shape index (κ1) is 35.3. The minimum absolute atomic E-state index is 0. The van der Waals surface area contributed by atoms with E-state index in [9.17, 15) is 52.8 Å². The summed E-state index contributed by atoms with van der Waals surface area (Å²) in [6.45, 7) is 0. The predicted molar refractivity (Wildman–Crippen MR) is 165 cm³/mol. The summed E-state index contributed by atoms with van der Waals surface area (Å²) in [5.74, 6) is -9.27. The number of halogens is 4. The molecule has 5 rings (SSSR count). The number of benzene rings is 2. The predicted octanol–water partition coefficient (Wildman–Crippen LogP) is 2.72. The van der Waals surface area contributed by atoms with Crippen molar-refractivity contribution in [2.75, 3.05) is 38.4 Å². The lowest BCUT2D eigenvalue weighted by atomic mass is 9.57. The number of aliphatic hydroxyl groups is 3. The van der Waals surface area contributed by atoms with Gasteiger partial charge in [-0.05, 0) is 62.7 Å². The molecule has 2 amide bonds. The summed E-state index contributed by atoms with van der Waals surface area (Å²) < 4.78 is 39.7. The van der Waals surface area contributed by atoms with Crippen molar-refractivity contribution in [3.63, 3.8) is 0 Å². The Hall–Kier alpha value is -4.60. The number of rotatable bonds is 5. The quantitative estimate of drug-likeness (QED) is 0.202. The average Bonchev–Trinajstić information content (AvgIpc) is 2.95. The number of hydrogen-bond donors (Lipinski definition) is 6. The van der Waals surface area contributed by atoms with E-state index >= 15 is 0 Å². The van der Waals surface area contributed by atoms with Crippen molar-refractivity contribution in [2.45, 2.75) is 30.7 Å². The van der Waals surface area contributed by atoms with E-state index in [0.29, 0.717) is 17.3 Å². The molecule has 0 bridgehead atoms. The zero-order valence-electron chi connectivity index (χ0n) is 25.5. The molecule has 3 aliphatic rings. The van der Waals surface area contributed by atoms with Crippen molar-refractivity contribution in [2.24, 2.45) is 17.6 Å². The average molecular weight is 681 g/mol. The molecule has 0 spiro atoms. The number of aromatic hydroxyl groups is 1. The van der Waals surface area contributed by atoms with Crippen LogP contribution in [0, 0.1) is 11.8 Å². The largest absolute Gasteiger partial charge is 0.508 e. The van der Waals surface area contributed by atoms with Crippen molar-refractivity contribution in [1.29, 1.82) is 0 Å². The summed E-state index contributed by atoms with van der Waals surface area (Å²) in [6.07, 6.45) is -4.84. The van der Waals surface area contributed by atoms with Crippen molar-refractivity contribution in [3.05, 3.63) is 69.5 Å². The van der Waals surface area contributed by atoms with Crippen LogP contribution in [-0.4, -0.2) is 88.5 Å². The molecule has 2 aromatic carbocycles. The van der Waals surface area contributed by atoms with Gasteiger partial charge in [0.05, 0.1) is 22.9 Å². The highest BCUT2D eigenvalue weighted by Crippen LogP contribution is 2.54. The van der Waals surface area contributed by atoms with E-state index in [1.165, 1.54) is 25.1 Å². The summed E-state index contributed by atoms with van der Waals surface area (Å²) in [5, 5.41) is 48.0. The maximum absolute atomic E-state index is 14.1. The summed E-state index contributed by atoms with van der Waals surface area (Å²) in [7, 11) is 6.24. The third-order valence-electron chi connectivity index (χ3n) is 8.88. The molecule has 3 unspecified atom stereocenters. The first-order valence-electron chi connectivity index (χ1n) is 14.0. The number of nitrogens with two attached hydrogens (primary N) is 1. The number of carbonyl (C=O) groups is 4. The standard InChI is InChI=1S/C31H31F3N4O8.ClH/c1-37(2)18-11-17(36-29(45)12-6-5-7-14(8-12)31(32,33)34)23(39)20-15(18)9-13-10-16-22(38(3)4)25(41)21(28(35)44)27(43)30(16,46)26(42)19(13)24(20)40;/h5-8,11,13,16,22,39-40,43,46H,9-10H2,1-4H3,(H2,35,44)(H,36,45);1H/t13?,16?,22-,30?;/m0./s1. The number of alkyl halides is 3. The van der Waals surface area contributed by atoms with Gasteiger partial charge < -0.3 is 36.4 Å². The van der Waals surface area contributed by atoms with Crippen LogP contribution in [0.5, 0.6) is 5.75 Å². The van der Waals surface area contributed by atoms with Gasteiger partial charge >= 0.3 is 6.18 Å². The number of phenolic OH excluding ortho intramolecular Hbond substituents is 1. The molecule has 4 atom stereocenters. The molecule has 252 valence electrons. The van der Waals surface area contributed by atoms with Crippen LogP contribution in [0.25, 0.3) is 5.76 Å². The Morgan fingerprint density at radius 3 is 2.26 bits per heavy atom. The number of fused-ring (bicyclic) bond motifs is 3. The monoisotopic (exact) mass is 680 g/mol. The number of ketones is 2. The molecule has 0 heterocycles. The van der Waals surface area contributed by atoms with Crippen molar-refractivity contribution in [1.82, 2.24) is 4.90 Å². The van der Waals surface area contributed by atoms with Gasteiger partial charge in [0.25, 0.3) is 11.8 Å². The molecule has 0 aromatic heterocycles. The van der Waals surface area contributed by atoms with Crippen molar-refractivity contribution < 1.29 is 52.8 Å². The van der Waals surface area contributed by atoms with Gasteiger partial charge in [-0.2, -0.15) is 13.2 Å². The zero-order valence-corrected chi connectivity index (χ0v) is 26.3. The Balaban J connectivity index is 0.00000500. The van der Waals surface area contributed by atoms with Crippen LogP contribution in [0.15, 0.2) is 47.2 Å². The van der Waals surface area contributed by atoms with Crippen LogP contribution in [0.1, 0.15) is 33.5 Å². The van der Waals surface area contributed by atoms with Crippen LogP contribution in [0.2, 0.25) is 0 Å². The SMILES string of the molecule is CN(C)c1cc(NC(=O)c2cccc(C(F)(F)F)c2)c(O)c2c1CC1CC3[C@H](N(C)C)C(=O)C(C(N)=O)=C(O)C3(O)C(=O)C1=C2O.Cl. The van der Waals surface area contributed by atoms with Gasteiger partial charge in [0.15, 0.2) is 11.4 Å². The van der Waals surface area contributed by atoms with Gasteiger partial charge in [-0.15, -0.1) is 12.4 Å². The maximum Gasteiger partial charge on any atom is 0.416 e. The number of amides is 2. The lowest BCUT2D eigenvalue weighted by molar-refractivity contribution is -0.153. The minimum Gasteiger partial charge on any atom is -0.508 e. The van der Waals surface area contributed by atoms with Gasteiger partial charge in [0.1, 0.15) is 22.8 Å². The van der Waals surface area contributed by atoms with Crippen LogP contribution < -0.4 is 16.0 Å². The molecule has 3 aliphatic carbocycles. The molecule has 7 N–H and O–H groups in total. The first-order chi connectivity index (χ1) is 21.3. The van der Waals surface area contributed by atoms with Crippen LogP contribution >= 0.6 is 12.4 Å². The third kappa shape index (κ3) is 5.37. The van der Waals surface area contributed by atoms with E-state index in [1.807, 2.05) is 0 Å². The third-order valence-corrected chi connectivity index (χ3v) is 8.88. The number of aliphatic hydroxyl groups excluding tert-OH is 2. The smallest absolute Gasteiger partial charge is 0.416 e. The summed E-state index contributed by atoms with van der Waals surface area (Å²) in [6, 6.07) is 3.74. The molecule has 1 fully saturated rings. The number of carbonyl (C=O) groups excluding carboxylic acids is 4. The number of nitrogens with one attached hydrogen (secondary N) is 1. The molecule has 47 heavy (non-hydrogen) atoms. The normalized spacial score (nSPS) is 23.9. The summed E-state index contributed by atoms with van der Waals surface area (Å²) in [4.78, 5) is 55.5. The molecular weight excluding hydrogens is 649 g/mol. The fraction of sp³-hybridized carbons (Fsp3) is 0.355. The fourth-order valence-corrected chi connectivity index (χ4v) is 6.82. The Bertz CT molecular complexity index is 1790. The highest BCUT2D eigenvalue weighted by atomic mass is 35.5. The second-order valence-electron chi connectivity index (χ2n) is 12.0. The molecule has 0 aliphatic heterocycles. The van der Waals surface area contributed by atoms with Crippen molar-refractivity contribution in [3.8, 4) is 5.75 Å². The molecule has 12 nitrogen and oxygen atoms in total. The second-order valence-corrected chi connectivity index (χ2v) is 12.0. The number of hydrogen-bond acceptors (Lipinski definition) is 10. The summed E-state index contributed by atoms with van der Waals surface area (Å²) in [5.41, 5.74) is -0.150. The van der Waals surface area contributed by atoms with Crippen molar-refractivity contribution >= 4 is 52.9 Å². The molecular formula is C31H32ClF3N4O8. The lowest BCUT2D eigenvalue weighted by Crippen LogP contribution is -2.65. The van der Waals surface area contributed by atoms with Crippen LogP contribution in [0.3, 0.4) is 0 Å². The van der Waals surface area contributed by atoms with Gasteiger partial charge in [-0.3, -0.25) is 24.1 Å². The number of phenols is 1. The minimum atomic E-state index is -4.72. The number of Topliss-reactive ketones (excluding diaryl/α,β-unsaturated/α-hetero) is 2. The van der Waals surface area contributed by atoms with E-state index in [-0.39, 0.29) is 42.1 Å². The summed E-state index contributed by atoms with van der Waals surface area (Å²) >= 11 is 0. The van der Waals surface area contributed by atoms with Crippen LogP contribution in [-0.2, 0) is 27.0 Å². The zero-order chi connectivity index (χ0) is 34.2. The number of likely N-dealkylation sites (N-methyl/N-ethyl adjacent to an activating group) is 1. The Morgan fingerprint density at radius 2 is 1.70 bits per heavy atom. The van der Waals surface area contributed by atoms with E-state index < -0.39 is 87.0 Å². The van der Waals surface area contributed by atoms with Gasteiger partial charge in [0, 0.05) is 36.8 Å². The highest BCUT2D eigenvalue weighted by Gasteiger charge is 2.64. The fourth-order valence-electron chi connectivity index (χ4n) is 6.82. The highest BCUT2D eigenvalue weighted by molar-refractivity contribution is 6.24. The van der Waals surface area contributed by atoms with Gasteiger partial charge in [-0.1, -0.05) is 6.07 Å². The second kappa shape index (κ2) is 11.9. The maximum atomic E-state index is 14.1. The molecule has 2 aromatic rings. The first-order valence-corrected chi connectivity index (χ1v) is 14.0. The Morgan fingerprint density at radius 1 is 1.06 bits per heavy atom. The molecule has 1 saturated carbocycles. The van der Waals surface area contributed by atoms with E-state index in [2.05, 4.69) is 5.32 Å². The van der Waals surface area contributed by atoms with E-state index in [0.717, 1.165) is 18.2 Å². The lowest BCUT2D eigenvalue weighted by Gasteiger charge is -2.50. The van der Waals surface area contributed by atoms with Gasteiger partial charge in [0.2, 0.25) is 5.78 Å². The molecule has 0 radical (unpaired) electrons. The molecule has 0 saturated heterocycles. The number of nitrogens with zero attached hydrogens (tertiary/aromatic N) is 2. The Labute approximate surface area is 272 Å². The number of primary amides is 1. The van der Waals surface area contributed by atoms with Gasteiger partial charge in [-0.25, -0.2) is 0 Å². The van der Waals surface area contributed by atoms with Crippen LogP contribution in [0.4, 0.5) is 24.5 Å². The Kier molecular flexibility index (Phi) is 8.92.